The third-order valence-electron chi connectivity index (χ3n) is 5.24. The molecule has 33 heavy (non-hydrogen) atoms. The van der Waals surface area contributed by atoms with Crippen molar-refractivity contribution in [2.75, 3.05) is 13.1 Å². The van der Waals surface area contributed by atoms with Gasteiger partial charge in [-0.25, -0.2) is 8.42 Å². The minimum atomic E-state index is -3.83. The molecule has 1 heterocycles. The number of carbonyl (C=O) groups is 1. The maximum absolute atomic E-state index is 13.5. The Morgan fingerprint density at radius 3 is 2.27 bits per heavy atom. The van der Waals surface area contributed by atoms with Crippen molar-refractivity contribution < 1.29 is 13.2 Å². The summed E-state index contributed by atoms with van der Waals surface area (Å²) >= 11 is 7.58. The summed E-state index contributed by atoms with van der Waals surface area (Å²) in [6, 6.07) is 19.9. The number of rotatable bonds is 11. The van der Waals surface area contributed by atoms with Gasteiger partial charge in [-0.2, -0.15) is 4.31 Å². The Bertz CT molecular complexity index is 1150. The van der Waals surface area contributed by atoms with Crippen LogP contribution < -0.4 is 0 Å². The van der Waals surface area contributed by atoms with Gasteiger partial charge in [0.1, 0.15) is 0 Å². The SMILES string of the molecule is CCCCN(CC(=O)N(Cc1ccccc1)Cc1ccc(C)s1)S(=O)(=O)c1ccc(Cl)cc1. The monoisotopic (exact) mass is 504 g/mol. The van der Waals surface area contributed by atoms with Crippen molar-refractivity contribution in [3.63, 3.8) is 0 Å². The predicted molar refractivity (Wildman–Crippen MR) is 135 cm³/mol. The smallest absolute Gasteiger partial charge is 0.243 e. The van der Waals surface area contributed by atoms with Crippen LogP contribution in [0.2, 0.25) is 5.02 Å². The van der Waals surface area contributed by atoms with E-state index in [4.69, 9.17) is 11.6 Å². The molecule has 0 atom stereocenters. The van der Waals surface area contributed by atoms with Crippen LogP contribution in [0.5, 0.6) is 0 Å². The number of unbranched alkanes of at least 4 members (excludes halogenated alkanes) is 1. The van der Waals surface area contributed by atoms with Gasteiger partial charge in [0.2, 0.25) is 15.9 Å². The summed E-state index contributed by atoms with van der Waals surface area (Å²) in [5, 5.41) is 0.463. The molecule has 0 fully saturated rings. The van der Waals surface area contributed by atoms with Crippen LogP contribution in [0.1, 0.15) is 35.1 Å². The Labute approximate surface area is 205 Å². The fraction of sp³-hybridized carbons (Fsp3) is 0.320. The summed E-state index contributed by atoms with van der Waals surface area (Å²) in [6.07, 6.45) is 1.49. The summed E-state index contributed by atoms with van der Waals surface area (Å²) < 4.78 is 28.0. The van der Waals surface area contributed by atoms with E-state index in [0.29, 0.717) is 24.5 Å². The van der Waals surface area contributed by atoms with Gasteiger partial charge in [0.05, 0.1) is 18.0 Å². The standard InChI is InChI=1S/C25H29ClN2O3S2/c1-3-4-16-28(33(30,31)24-14-11-22(26)12-15-24)19-25(29)27(17-21-8-6-5-7-9-21)18-23-13-10-20(2)32-23/h5-15H,3-4,16-19H2,1-2H3. The molecule has 1 aromatic heterocycles. The number of benzene rings is 2. The lowest BCUT2D eigenvalue weighted by Gasteiger charge is -2.27. The maximum atomic E-state index is 13.5. The molecule has 0 aliphatic heterocycles. The van der Waals surface area contributed by atoms with Crippen molar-refractivity contribution in [2.24, 2.45) is 0 Å². The van der Waals surface area contributed by atoms with Crippen LogP contribution in [-0.4, -0.2) is 36.6 Å². The number of halogens is 1. The quantitative estimate of drug-likeness (QED) is 0.335. The highest BCUT2D eigenvalue weighted by Crippen LogP contribution is 2.22. The van der Waals surface area contributed by atoms with Crippen LogP contribution in [-0.2, 0) is 27.9 Å². The van der Waals surface area contributed by atoms with Crippen molar-refractivity contribution in [1.82, 2.24) is 9.21 Å². The number of sulfonamides is 1. The molecule has 0 N–H and O–H groups in total. The lowest BCUT2D eigenvalue weighted by atomic mass is 10.2. The van der Waals surface area contributed by atoms with Crippen LogP contribution in [0.4, 0.5) is 0 Å². The average Bonchev–Trinajstić information content (AvgIpc) is 3.21. The third kappa shape index (κ3) is 7.14. The number of hydrogen-bond acceptors (Lipinski definition) is 4. The molecule has 0 radical (unpaired) electrons. The molecule has 0 unspecified atom stereocenters. The second-order valence-electron chi connectivity index (χ2n) is 7.89. The van der Waals surface area contributed by atoms with E-state index in [-0.39, 0.29) is 23.9 Å². The van der Waals surface area contributed by atoms with E-state index < -0.39 is 10.0 Å². The molecule has 0 saturated carbocycles. The first-order valence-corrected chi connectivity index (χ1v) is 13.6. The van der Waals surface area contributed by atoms with Crippen LogP contribution in [0.15, 0.2) is 71.6 Å². The fourth-order valence-corrected chi connectivity index (χ4v) is 5.88. The van der Waals surface area contributed by atoms with E-state index in [1.54, 1.807) is 28.4 Å². The van der Waals surface area contributed by atoms with E-state index in [1.165, 1.54) is 21.3 Å². The molecular formula is C25H29ClN2O3S2. The van der Waals surface area contributed by atoms with Crippen LogP contribution in [0.25, 0.3) is 0 Å². The summed E-state index contributed by atoms with van der Waals surface area (Å²) in [4.78, 5) is 17.6. The molecule has 8 heteroatoms. The molecule has 0 saturated heterocycles. The van der Waals surface area contributed by atoms with E-state index in [9.17, 15) is 13.2 Å². The molecule has 1 amide bonds. The summed E-state index contributed by atoms with van der Waals surface area (Å²) in [6.45, 7) is 4.96. The number of hydrogen-bond donors (Lipinski definition) is 0. The summed E-state index contributed by atoms with van der Waals surface area (Å²) in [7, 11) is -3.83. The topological polar surface area (TPSA) is 57.7 Å². The minimum absolute atomic E-state index is 0.138. The molecular weight excluding hydrogens is 476 g/mol. The Balaban J connectivity index is 1.85. The zero-order valence-corrected chi connectivity index (χ0v) is 21.3. The van der Waals surface area contributed by atoms with Gasteiger partial charge in [0.25, 0.3) is 0 Å². The molecule has 3 aromatic rings. The lowest BCUT2D eigenvalue weighted by molar-refractivity contribution is -0.132. The molecule has 0 aliphatic rings. The highest BCUT2D eigenvalue weighted by Gasteiger charge is 2.28. The van der Waals surface area contributed by atoms with Gasteiger partial charge >= 0.3 is 0 Å². The molecule has 0 aliphatic carbocycles. The molecule has 0 spiro atoms. The number of aryl methyl sites for hydroxylation is 1. The van der Waals surface area contributed by atoms with Gasteiger partial charge in [0, 0.05) is 27.9 Å². The predicted octanol–water partition coefficient (Wildman–Crippen LogP) is 5.73. The molecule has 176 valence electrons. The summed E-state index contributed by atoms with van der Waals surface area (Å²) in [5.74, 6) is -0.224. The van der Waals surface area contributed by atoms with Crippen molar-refractivity contribution in [3.05, 3.63) is 87.1 Å². The number of carbonyl (C=O) groups excluding carboxylic acids is 1. The Morgan fingerprint density at radius 2 is 1.67 bits per heavy atom. The third-order valence-corrected chi connectivity index (χ3v) is 8.33. The van der Waals surface area contributed by atoms with Crippen molar-refractivity contribution in [3.8, 4) is 0 Å². The van der Waals surface area contributed by atoms with Crippen molar-refractivity contribution in [1.29, 1.82) is 0 Å². The van der Waals surface area contributed by atoms with Crippen LogP contribution in [0, 0.1) is 6.92 Å². The molecule has 3 rings (SSSR count). The Hall–Kier alpha value is -2.19. The largest absolute Gasteiger partial charge is 0.332 e. The van der Waals surface area contributed by atoms with Gasteiger partial charge < -0.3 is 4.90 Å². The lowest BCUT2D eigenvalue weighted by Crippen LogP contribution is -2.42. The second-order valence-corrected chi connectivity index (χ2v) is 11.6. The van der Waals surface area contributed by atoms with Gasteiger partial charge in [0.15, 0.2) is 0 Å². The van der Waals surface area contributed by atoms with Gasteiger partial charge in [-0.3, -0.25) is 4.79 Å². The van der Waals surface area contributed by atoms with E-state index in [2.05, 4.69) is 0 Å². The van der Waals surface area contributed by atoms with Gasteiger partial charge in [-0.15, -0.1) is 11.3 Å². The van der Waals surface area contributed by atoms with Gasteiger partial charge in [-0.05, 0) is 55.3 Å². The molecule has 2 aromatic carbocycles. The van der Waals surface area contributed by atoms with E-state index in [0.717, 1.165) is 16.9 Å². The first-order chi connectivity index (χ1) is 15.8. The van der Waals surface area contributed by atoms with E-state index in [1.807, 2.05) is 56.3 Å². The number of amides is 1. The number of nitrogens with zero attached hydrogens (tertiary/aromatic N) is 2. The Morgan fingerprint density at radius 1 is 0.970 bits per heavy atom. The zero-order chi connectivity index (χ0) is 23.8. The first-order valence-electron chi connectivity index (χ1n) is 10.9. The fourth-order valence-electron chi connectivity index (χ4n) is 3.42. The second kappa shape index (κ2) is 11.8. The van der Waals surface area contributed by atoms with Crippen LogP contribution >= 0.6 is 22.9 Å². The normalized spacial score (nSPS) is 11.6. The summed E-state index contributed by atoms with van der Waals surface area (Å²) in [5.41, 5.74) is 1.000. The van der Waals surface area contributed by atoms with E-state index >= 15 is 0 Å². The first kappa shape index (κ1) is 25.4. The molecule has 5 nitrogen and oxygen atoms in total. The van der Waals surface area contributed by atoms with Crippen LogP contribution in [0.3, 0.4) is 0 Å². The number of thiophene rings is 1. The van der Waals surface area contributed by atoms with Gasteiger partial charge in [-0.1, -0.05) is 55.3 Å². The molecule has 0 bridgehead atoms. The highest BCUT2D eigenvalue weighted by molar-refractivity contribution is 7.89. The Kier molecular flexibility index (Phi) is 9.09. The van der Waals surface area contributed by atoms with Crippen molar-refractivity contribution in [2.45, 2.75) is 44.7 Å². The zero-order valence-electron chi connectivity index (χ0n) is 18.9. The van der Waals surface area contributed by atoms with Crippen molar-refractivity contribution >= 4 is 38.9 Å². The maximum Gasteiger partial charge on any atom is 0.243 e. The highest BCUT2D eigenvalue weighted by atomic mass is 35.5. The average molecular weight is 505 g/mol. The minimum Gasteiger partial charge on any atom is -0.332 e.